The van der Waals surface area contributed by atoms with E-state index in [1.54, 1.807) is 0 Å². The van der Waals surface area contributed by atoms with E-state index >= 15 is 0 Å². The Labute approximate surface area is 142 Å². The average molecular weight is 331 g/mol. The van der Waals surface area contributed by atoms with Crippen molar-refractivity contribution >= 4 is 28.6 Å². The third-order valence-electron chi connectivity index (χ3n) is 3.52. The van der Waals surface area contributed by atoms with Crippen molar-refractivity contribution in [3.63, 3.8) is 0 Å². The fraction of sp³-hybridized carbons (Fsp3) is 0.444. The number of pyridine rings is 1. The molecule has 0 aliphatic rings. The van der Waals surface area contributed by atoms with E-state index in [2.05, 4.69) is 28.6 Å². The Bertz CT molecular complexity index is 618. The number of carbonyl (C=O) groups excluding carboxylic acids is 1. The number of nitrogens with zero attached hydrogens (tertiary/aromatic N) is 1. The zero-order valence-electron chi connectivity index (χ0n) is 13.7. The van der Waals surface area contributed by atoms with E-state index in [1.165, 1.54) is 31.0 Å². The van der Waals surface area contributed by atoms with Gasteiger partial charge < -0.3 is 10.6 Å². The quantitative estimate of drug-likeness (QED) is 0.518. The van der Waals surface area contributed by atoms with Crippen molar-refractivity contribution in [3.05, 3.63) is 36.5 Å². The van der Waals surface area contributed by atoms with Gasteiger partial charge >= 0.3 is 0 Å². The molecule has 0 atom stereocenters. The fourth-order valence-electron chi connectivity index (χ4n) is 2.25. The average Bonchev–Trinajstić information content (AvgIpc) is 2.59. The van der Waals surface area contributed by atoms with E-state index < -0.39 is 0 Å². The van der Waals surface area contributed by atoms with Crippen LogP contribution in [0.15, 0.2) is 41.4 Å². The number of carbonyl (C=O) groups is 1. The molecule has 0 saturated carbocycles. The lowest BCUT2D eigenvalue weighted by Crippen LogP contribution is -2.33. The summed E-state index contributed by atoms with van der Waals surface area (Å²) in [5.74, 6) is 0.495. The van der Waals surface area contributed by atoms with Crippen LogP contribution in [0.3, 0.4) is 0 Å². The van der Waals surface area contributed by atoms with E-state index in [9.17, 15) is 4.79 Å². The minimum atomic E-state index is 0.0681. The zero-order chi connectivity index (χ0) is 16.3. The van der Waals surface area contributed by atoms with Gasteiger partial charge in [-0.3, -0.25) is 9.78 Å². The lowest BCUT2D eigenvalue weighted by atomic mass is 10.2. The van der Waals surface area contributed by atoms with Crippen LogP contribution in [0, 0.1) is 0 Å². The predicted octanol–water partition coefficient (Wildman–Crippen LogP) is 3.22. The molecule has 0 aliphatic carbocycles. The molecule has 0 fully saturated rings. The van der Waals surface area contributed by atoms with Crippen molar-refractivity contribution < 1.29 is 4.79 Å². The molecule has 1 amide bonds. The van der Waals surface area contributed by atoms with Crippen molar-refractivity contribution in [1.29, 1.82) is 0 Å². The molecule has 1 aromatic carbocycles. The molecule has 0 spiro atoms. The summed E-state index contributed by atoms with van der Waals surface area (Å²) in [6, 6.07) is 10.1. The zero-order valence-corrected chi connectivity index (χ0v) is 14.5. The number of thioether (sulfide) groups is 1. The molecule has 0 bridgehead atoms. The van der Waals surface area contributed by atoms with E-state index in [1.807, 2.05) is 30.5 Å². The maximum atomic E-state index is 11.8. The monoisotopic (exact) mass is 331 g/mol. The molecular formula is C18H25N3OS. The van der Waals surface area contributed by atoms with Crippen LogP contribution in [0.5, 0.6) is 0 Å². The van der Waals surface area contributed by atoms with Crippen LogP contribution < -0.4 is 10.6 Å². The summed E-state index contributed by atoms with van der Waals surface area (Å²) in [7, 11) is 0. The number of hydrogen-bond donors (Lipinski definition) is 2. The Morgan fingerprint density at radius 1 is 1.17 bits per heavy atom. The van der Waals surface area contributed by atoms with Crippen LogP contribution in [-0.2, 0) is 4.79 Å². The van der Waals surface area contributed by atoms with E-state index in [-0.39, 0.29) is 5.91 Å². The van der Waals surface area contributed by atoms with E-state index in [0.717, 1.165) is 28.9 Å². The van der Waals surface area contributed by atoms with Crippen LogP contribution >= 0.6 is 11.8 Å². The van der Waals surface area contributed by atoms with E-state index in [4.69, 9.17) is 0 Å². The highest BCUT2D eigenvalue weighted by atomic mass is 32.2. The van der Waals surface area contributed by atoms with Crippen molar-refractivity contribution in [2.45, 2.75) is 31.1 Å². The van der Waals surface area contributed by atoms with Gasteiger partial charge in [-0.15, -0.1) is 11.8 Å². The Kier molecular flexibility index (Phi) is 7.90. The Morgan fingerprint density at radius 2 is 2.04 bits per heavy atom. The van der Waals surface area contributed by atoms with Gasteiger partial charge in [-0.2, -0.15) is 0 Å². The number of fused-ring (bicyclic) bond motifs is 1. The number of benzene rings is 1. The summed E-state index contributed by atoms with van der Waals surface area (Å²) in [4.78, 5) is 17.3. The number of hydrogen-bond acceptors (Lipinski definition) is 4. The Hall–Kier alpha value is -1.59. The molecule has 23 heavy (non-hydrogen) atoms. The summed E-state index contributed by atoms with van der Waals surface area (Å²) in [6.45, 7) is 4.74. The van der Waals surface area contributed by atoms with Gasteiger partial charge in [0, 0.05) is 29.6 Å². The molecule has 0 saturated heterocycles. The van der Waals surface area contributed by atoms with Crippen LogP contribution in [-0.4, -0.2) is 36.3 Å². The van der Waals surface area contributed by atoms with Gasteiger partial charge in [0.1, 0.15) is 0 Å². The molecule has 0 radical (unpaired) electrons. The lowest BCUT2D eigenvalue weighted by molar-refractivity contribution is -0.118. The van der Waals surface area contributed by atoms with Crippen molar-refractivity contribution in [2.24, 2.45) is 0 Å². The Morgan fingerprint density at radius 3 is 2.91 bits per heavy atom. The second-order valence-corrected chi connectivity index (χ2v) is 6.51. The molecule has 5 heteroatoms. The third-order valence-corrected chi connectivity index (χ3v) is 4.48. The van der Waals surface area contributed by atoms with Gasteiger partial charge in [0.25, 0.3) is 0 Å². The van der Waals surface area contributed by atoms with Gasteiger partial charge in [-0.05, 0) is 25.1 Å². The number of aromatic nitrogens is 1. The van der Waals surface area contributed by atoms with Crippen LogP contribution in [0.2, 0.25) is 0 Å². The minimum Gasteiger partial charge on any atom is -0.354 e. The van der Waals surface area contributed by atoms with Gasteiger partial charge in [0.05, 0.1) is 11.3 Å². The topological polar surface area (TPSA) is 54.0 Å². The number of nitrogens with one attached hydrogen (secondary N) is 2. The van der Waals surface area contributed by atoms with Crippen molar-refractivity contribution in [2.75, 3.05) is 25.4 Å². The van der Waals surface area contributed by atoms with Crippen LogP contribution in [0.25, 0.3) is 10.9 Å². The molecule has 2 N–H and O–H groups in total. The fourth-order valence-corrected chi connectivity index (χ4v) is 2.98. The van der Waals surface area contributed by atoms with E-state index in [0.29, 0.717) is 12.3 Å². The molecule has 2 aromatic rings. The summed E-state index contributed by atoms with van der Waals surface area (Å²) >= 11 is 1.52. The summed E-state index contributed by atoms with van der Waals surface area (Å²) in [6.07, 6.45) is 5.53. The number of unbranched alkanes of at least 4 members (excludes halogenated alkanes) is 2. The minimum absolute atomic E-state index is 0.0681. The predicted molar refractivity (Wildman–Crippen MR) is 97.9 cm³/mol. The number of para-hydroxylation sites is 1. The van der Waals surface area contributed by atoms with Gasteiger partial charge in [-0.1, -0.05) is 38.0 Å². The van der Waals surface area contributed by atoms with Crippen LogP contribution in [0.1, 0.15) is 26.2 Å². The second-order valence-electron chi connectivity index (χ2n) is 5.46. The maximum Gasteiger partial charge on any atom is 0.230 e. The summed E-state index contributed by atoms with van der Waals surface area (Å²) in [5, 5.41) is 7.38. The number of rotatable bonds is 10. The molecule has 124 valence electrons. The SMILES string of the molecule is CCCCCNCCNC(=O)CSc1cnc2ccccc2c1. The standard InChI is InChI=1S/C18H25N3OS/c1-2-3-6-9-19-10-11-20-18(22)14-23-16-12-15-7-4-5-8-17(15)21-13-16/h4-5,7-8,12-13,19H,2-3,6,9-11,14H2,1H3,(H,20,22). The van der Waals surface area contributed by atoms with Crippen molar-refractivity contribution in [1.82, 2.24) is 15.6 Å². The molecular weight excluding hydrogens is 306 g/mol. The first kappa shape index (κ1) is 17.8. The highest BCUT2D eigenvalue weighted by Gasteiger charge is 2.03. The molecule has 1 heterocycles. The molecule has 2 rings (SSSR count). The first-order valence-electron chi connectivity index (χ1n) is 8.24. The molecule has 0 unspecified atom stereocenters. The first-order valence-corrected chi connectivity index (χ1v) is 9.23. The summed E-state index contributed by atoms with van der Waals surface area (Å²) in [5.41, 5.74) is 0.982. The largest absolute Gasteiger partial charge is 0.354 e. The molecule has 4 nitrogen and oxygen atoms in total. The number of amides is 1. The first-order chi connectivity index (χ1) is 11.3. The van der Waals surface area contributed by atoms with Gasteiger partial charge in [0.15, 0.2) is 0 Å². The lowest BCUT2D eigenvalue weighted by Gasteiger charge is -2.07. The summed E-state index contributed by atoms with van der Waals surface area (Å²) < 4.78 is 0. The third kappa shape index (κ3) is 6.59. The highest BCUT2D eigenvalue weighted by Crippen LogP contribution is 2.21. The van der Waals surface area contributed by atoms with Crippen molar-refractivity contribution in [3.8, 4) is 0 Å². The van der Waals surface area contributed by atoms with Crippen LogP contribution in [0.4, 0.5) is 0 Å². The maximum absolute atomic E-state index is 11.8. The molecule has 0 aliphatic heterocycles. The Balaban J connectivity index is 1.63. The van der Waals surface area contributed by atoms with Gasteiger partial charge in [0.2, 0.25) is 5.91 Å². The van der Waals surface area contributed by atoms with Gasteiger partial charge in [-0.25, -0.2) is 0 Å². The molecule has 1 aromatic heterocycles. The highest BCUT2D eigenvalue weighted by molar-refractivity contribution is 8.00. The second kappa shape index (κ2) is 10.2. The normalized spacial score (nSPS) is 10.8. The smallest absolute Gasteiger partial charge is 0.230 e.